The van der Waals surface area contributed by atoms with E-state index in [2.05, 4.69) is 138 Å². The second-order valence-electron chi connectivity index (χ2n) is 10.3. The molecule has 1 aliphatic carbocycles. The van der Waals surface area contributed by atoms with Crippen molar-refractivity contribution in [3.63, 3.8) is 0 Å². The van der Waals surface area contributed by atoms with E-state index >= 15 is 0 Å². The Morgan fingerprint density at radius 3 is 2.40 bits per heavy atom. The van der Waals surface area contributed by atoms with Gasteiger partial charge in [-0.2, -0.15) is 0 Å². The van der Waals surface area contributed by atoms with Crippen LogP contribution in [-0.4, -0.2) is 17.5 Å². The summed E-state index contributed by atoms with van der Waals surface area (Å²) in [5, 5.41) is 3.81. The molecular formula is C38H33N2+. The van der Waals surface area contributed by atoms with Gasteiger partial charge in [-0.15, -0.1) is 4.67 Å². The van der Waals surface area contributed by atoms with Gasteiger partial charge in [0.15, 0.2) is 0 Å². The van der Waals surface area contributed by atoms with Gasteiger partial charge in [0.1, 0.15) is 0 Å². The molecule has 0 aliphatic heterocycles. The molecule has 0 spiro atoms. The number of nitrogens with zero attached hydrogens (tertiary/aromatic N) is 2. The first-order chi connectivity index (χ1) is 19.7. The van der Waals surface area contributed by atoms with Crippen molar-refractivity contribution >= 4 is 40.7 Å². The van der Waals surface area contributed by atoms with Gasteiger partial charge < -0.3 is 4.57 Å². The lowest BCUT2D eigenvalue weighted by atomic mass is 9.86. The van der Waals surface area contributed by atoms with Gasteiger partial charge in [-0.05, 0) is 60.1 Å². The quantitative estimate of drug-likeness (QED) is 0.117. The zero-order valence-corrected chi connectivity index (χ0v) is 22.9. The van der Waals surface area contributed by atoms with Crippen molar-refractivity contribution in [1.29, 1.82) is 0 Å². The Bertz CT molecular complexity index is 1860. The predicted molar refractivity (Wildman–Crippen MR) is 174 cm³/mol. The van der Waals surface area contributed by atoms with Crippen LogP contribution in [-0.2, 0) is 6.42 Å². The molecular weight excluding hydrogens is 484 g/mol. The van der Waals surface area contributed by atoms with Crippen molar-refractivity contribution in [3.8, 4) is 16.8 Å². The van der Waals surface area contributed by atoms with E-state index in [1.807, 2.05) is 19.2 Å². The summed E-state index contributed by atoms with van der Waals surface area (Å²) in [6.45, 7) is 9.81. The minimum Gasteiger partial charge on any atom is -0.312 e. The van der Waals surface area contributed by atoms with Gasteiger partial charge in [0, 0.05) is 39.2 Å². The molecule has 194 valence electrons. The third-order valence-corrected chi connectivity index (χ3v) is 7.98. The fourth-order valence-electron chi connectivity index (χ4n) is 5.94. The molecule has 0 fully saturated rings. The zero-order valence-electron chi connectivity index (χ0n) is 22.9. The topological polar surface area (TPSA) is 19.0 Å². The lowest BCUT2D eigenvalue weighted by Crippen LogP contribution is -2.12. The maximum absolute atomic E-state index is 4.16. The molecule has 1 atom stereocenters. The number of rotatable bonds is 7. The van der Waals surface area contributed by atoms with Gasteiger partial charge in [0.25, 0.3) is 12.9 Å². The fraction of sp³-hybridized carbons (Fsp3) is 0.105. The predicted octanol–water partition coefficient (Wildman–Crippen LogP) is 8.92. The molecule has 40 heavy (non-hydrogen) atoms. The van der Waals surface area contributed by atoms with E-state index in [9.17, 15) is 0 Å². The largest absolute Gasteiger partial charge is 0.312 e. The van der Waals surface area contributed by atoms with Gasteiger partial charge in [-0.1, -0.05) is 110 Å². The van der Waals surface area contributed by atoms with Gasteiger partial charge in [0.2, 0.25) is 0 Å². The minimum absolute atomic E-state index is 0.252. The van der Waals surface area contributed by atoms with Gasteiger partial charge in [0.05, 0.1) is 5.52 Å². The third-order valence-electron chi connectivity index (χ3n) is 7.98. The van der Waals surface area contributed by atoms with Crippen LogP contribution in [0.25, 0.3) is 44.6 Å². The van der Waals surface area contributed by atoms with Crippen molar-refractivity contribution in [1.82, 2.24) is 9.24 Å². The fourth-order valence-corrected chi connectivity index (χ4v) is 5.94. The van der Waals surface area contributed by atoms with Crippen molar-refractivity contribution in [2.24, 2.45) is 5.92 Å². The summed E-state index contributed by atoms with van der Waals surface area (Å²) in [5.74, 6) is 0.252. The molecule has 2 heteroatoms. The number of fused-ring (bicyclic) bond motifs is 5. The molecule has 0 saturated heterocycles. The molecule has 0 saturated carbocycles. The number of para-hydroxylation sites is 1. The van der Waals surface area contributed by atoms with Gasteiger partial charge >= 0.3 is 0 Å². The van der Waals surface area contributed by atoms with Crippen LogP contribution in [0.15, 0.2) is 133 Å². The van der Waals surface area contributed by atoms with Gasteiger partial charge in [-0.3, -0.25) is 0 Å². The SMILES string of the molecule is C=C/C(=C\C/C(C=[N+]=C)=C/C)C1C=Cc2c(n(-c3ccccc3)c3c2ccc2cc(-c4ccccc4)ccc23)C1. The smallest absolute Gasteiger partial charge is 0.294 e. The standard InChI is InChI=1S/C38H33N2/c1-4-27(26-39-3)16-17-28(5-2)31-19-22-35-36-23-20-32-24-30(29-12-8-6-9-13-29)18-21-34(32)38(36)40(37(35)25-31)33-14-10-7-11-15-33/h4-15,17-24,26,31H,2-3,16,25H2,1H3/q+1/b27-4-,28-17+. The maximum atomic E-state index is 4.16. The Kier molecular flexibility index (Phi) is 7.02. The maximum Gasteiger partial charge on any atom is 0.294 e. The molecule has 5 aromatic rings. The zero-order chi connectivity index (χ0) is 27.5. The van der Waals surface area contributed by atoms with Crippen LogP contribution in [0.1, 0.15) is 24.6 Å². The van der Waals surface area contributed by atoms with Crippen LogP contribution >= 0.6 is 0 Å². The highest BCUT2D eigenvalue weighted by Gasteiger charge is 2.25. The van der Waals surface area contributed by atoms with Crippen LogP contribution in [0.4, 0.5) is 0 Å². The van der Waals surface area contributed by atoms with E-state index in [0.29, 0.717) is 0 Å². The summed E-state index contributed by atoms with van der Waals surface area (Å²) in [5.41, 5.74) is 9.97. The van der Waals surface area contributed by atoms with E-state index in [4.69, 9.17) is 0 Å². The number of hydrogen-bond donors (Lipinski definition) is 0. The molecule has 0 N–H and O–H groups in total. The van der Waals surface area contributed by atoms with E-state index < -0.39 is 0 Å². The first-order valence-corrected chi connectivity index (χ1v) is 13.9. The van der Waals surface area contributed by atoms with E-state index in [0.717, 1.165) is 18.4 Å². The summed E-state index contributed by atoms with van der Waals surface area (Å²) < 4.78 is 6.44. The lowest BCUT2D eigenvalue weighted by Gasteiger charge is -2.21. The van der Waals surface area contributed by atoms with E-state index in [1.165, 1.54) is 55.3 Å². The highest BCUT2D eigenvalue weighted by molar-refractivity contribution is 6.11. The molecule has 0 bridgehead atoms. The minimum atomic E-state index is 0.252. The van der Waals surface area contributed by atoms with E-state index in [1.54, 1.807) is 0 Å². The Hall–Kier alpha value is -4.91. The van der Waals surface area contributed by atoms with Crippen LogP contribution in [0.5, 0.6) is 0 Å². The summed E-state index contributed by atoms with van der Waals surface area (Å²) >= 11 is 0. The number of benzene rings is 4. The van der Waals surface area contributed by atoms with Crippen molar-refractivity contribution < 1.29 is 0 Å². The number of aromatic nitrogens is 1. The van der Waals surface area contributed by atoms with Crippen molar-refractivity contribution in [2.75, 3.05) is 0 Å². The Labute approximate surface area is 236 Å². The molecule has 0 radical (unpaired) electrons. The number of hydrogen-bond acceptors (Lipinski definition) is 0. The lowest BCUT2D eigenvalue weighted by molar-refractivity contribution is 0.728. The third kappa shape index (κ3) is 4.60. The molecule has 0 amide bonds. The van der Waals surface area contributed by atoms with Crippen LogP contribution in [0, 0.1) is 5.92 Å². The molecule has 1 unspecified atom stereocenters. The Morgan fingerprint density at radius 1 is 0.925 bits per heavy atom. The molecule has 6 rings (SSSR count). The summed E-state index contributed by atoms with van der Waals surface area (Å²) in [7, 11) is 0. The first-order valence-electron chi connectivity index (χ1n) is 13.9. The molecule has 4 aromatic carbocycles. The average Bonchev–Trinajstić information content (AvgIpc) is 3.35. The molecule has 1 heterocycles. The molecule has 1 aliphatic rings. The van der Waals surface area contributed by atoms with Crippen molar-refractivity contribution in [3.05, 3.63) is 144 Å². The van der Waals surface area contributed by atoms with Crippen LogP contribution in [0.2, 0.25) is 0 Å². The highest BCUT2D eigenvalue weighted by Crippen LogP contribution is 2.41. The average molecular weight is 518 g/mol. The number of allylic oxidation sites excluding steroid dienone is 6. The van der Waals surface area contributed by atoms with Crippen LogP contribution in [0.3, 0.4) is 0 Å². The summed E-state index contributed by atoms with van der Waals surface area (Å²) in [6.07, 6.45) is 14.6. The summed E-state index contributed by atoms with van der Waals surface area (Å²) in [6, 6.07) is 32.8. The second-order valence-corrected chi connectivity index (χ2v) is 10.3. The Balaban J connectivity index is 1.51. The first kappa shape index (κ1) is 25.4. The monoisotopic (exact) mass is 517 g/mol. The normalized spacial score (nSPS) is 15.2. The van der Waals surface area contributed by atoms with Gasteiger partial charge in [-0.25, -0.2) is 0 Å². The summed E-state index contributed by atoms with van der Waals surface area (Å²) in [4.78, 5) is 0. The van der Waals surface area contributed by atoms with Crippen LogP contribution < -0.4 is 4.67 Å². The van der Waals surface area contributed by atoms with Crippen molar-refractivity contribution in [2.45, 2.75) is 19.8 Å². The molecule has 2 nitrogen and oxygen atoms in total. The highest BCUT2D eigenvalue weighted by atomic mass is 15.0. The Morgan fingerprint density at radius 2 is 1.68 bits per heavy atom. The van der Waals surface area contributed by atoms with E-state index in [-0.39, 0.29) is 5.92 Å². The molecule has 1 aromatic heterocycles. The second kappa shape index (κ2) is 11.1.